The maximum absolute atomic E-state index is 13.6. The predicted molar refractivity (Wildman–Crippen MR) is 87.8 cm³/mol. The van der Waals surface area contributed by atoms with E-state index in [1.807, 2.05) is 6.07 Å². The molecule has 0 atom stereocenters. The Morgan fingerprint density at radius 1 is 1.10 bits per heavy atom. The van der Waals surface area contributed by atoms with E-state index >= 15 is 0 Å². The summed E-state index contributed by atoms with van der Waals surface area (Å²) in [6, 6.07) is 13.5. The van der Waals surface area contributed by atoms with Gasteiger partial charge in [-0.25, -0.2) is 4.39 Å². The van der Waals surface area contributed by atoms with Gasteiger partial charge in [-0.3, -0.25) is 0 Å². The minimum absolute atomic E-state index is 0.181. The number of halogens is 1. The van der Waals surface area contributed by atoms with Gasteiger partial charge in [-0.15, -0.1) is 0 Å². The summed E-state index contributed by atoms with van der Waals surface area (Å²) in [7, 11) is 0. The molecular formula is C19H24FN. The van der Waals surface area contributed by atoms with Crippen LogP contribution < -0.4 is 5.32 Å². The SMILES string of the molecule is CCNCc1ccc(F)cc1-c1cccc(CC(C)C)c1. The summed E-state index contributed by atoms with van der Waals surface area (Å²) in [6.07, 6.45) is 1.05. The average Bonchev–Trinajstić information content (AvgIpc) is 2.45. The van der Waals surface area contributed by atoms with Gasteiger partial charge in [-0.05, 0) is 53.3 Å². The summed E-state index contributed by atoms with van der Waals surface area (Å²) in [4.78, 5) is 0. The van der Waals surface area contributed by atoms with Crippen molar-refractivity contribution in [3.63, 3.8) is 0 Å². The number of rotatable bonds is 6. The molecule has 0 spiro atoms. The van der Waals surface area contributed by atoms with Gasteiger partial charge in [0.05, 0.1) is 0 Å². The first kappa shape index (κ1) is 15.7. The Kier molecular flexibility index (Phi) is 5.51. The molecule has 0 saturated heterocycles. The van der Waals surface area contributed by atoms with Gasteiger partial charge in [0.1, 0.15) is 5.82 Å². The van der Waals surface area contributed by atoms with Gasteiger partial charge in [-0.1, -0.05) is 51.1 Å². The Balaban J connectivity index is 2.37. The molecule has 0 bridgehead atoms. The summed E-state index contributed by atoms with van der Waals surface area (Å²) >= 11 is 0. The van der Waals surface area contributed by atoms with Crippen molar-refractivity contribution in [2.75, 3.05) is 6.54 Å². The summed E-state index contributed by atoms with van der Waals surface area (Å²) in [5.74, 6) is 0.438. The third kappa shape index (κ3) is 4.40. The van der Waals surface area contributed by atoms with Crippen LogP contribution in [-0.2, 0) is 13.0 Å². The first-order valence-corrected chi connectivity index (χ1v) is 7.68. The molecule has 1 N–H and O–H groups in total. The molecule has 0 heterocycles. The zero-order valence-electron chi connectivity index (χ0n) is 13.1. The molecule has 2 rings (SSSR count). The molecule has 2 heteroatoms. The highest BCUT2D eigenvalue weighted by Crippen LogP contribution is 2.26. The molecule has 2 aromatic rings. The molecular weight excluding hydrogens is 261 g/mol. The molecule has 21 heavy (non-hydrogen) atoms. The van der Waals surface area contributed by atoms with E-state index in [2.05, 4.69) is 50.4 Å². The molecule has 112 valence electrons. The lowest BCUT2D eigenvalue weighted by atomic mass is 9.95. The highest BCUT2D eigenvalue weighted by atomic mass is 19.1. The van der Waals surface area contributed by atoms with Crippen LogP contribution in [0, 0.1) is 11.7 Å². The van der Waals surface area contributed by atoms with Crippen LogP contribution in [0.15, 0.2) is 42.5 Å². The molecule has 0 saturated carbocycles. The van der Waals surface area contributed by atoms with Crippen LogP contribution in [0.25, 0.3) is 11.1 Å². The molecule has 0 aliphatic carbocycles. The second kappa shape index (κ2) is 7.37. The first-order chi connectivity index (χ1) is 10.1. The molecule has 0 aliphatic rings. The number of nitrogens with one attached hydrogen (secondary N) is 1. The maximum Gasteiger partial charge on any atom is 0.123 e. The van der Waals surface area contributed by atoms with Crippen LogP contribution in [0.4, 0.5) is 4.39 Å². The molecule has 0 aromatic heterocycles. The second-order valence-corrected chi connectivity index (χ2v) is 5.88. The summed E-state index contributed by atoms with van der Waals surface area (Å²) in [5, 5.41) is 3.32. The number of hydrogen-bond acceptors (Lipinski definition) is 1. The summed E-state index contributed by atoms with van der Waals surface area (Å²) < 4.78 is 13.6. The third-order valence-electron chi connectivity index (χ3n) is 3.52. The fourth-order valence-corrected chi connectivity index (χ4v) is 2.57. The van der Waals surface area contributed by atoms with Crippen LogP contribution in [0.2, 0.25) is 0 Å². The fraction of sp³-hybridized carbons (Fsp3) is 0.368. The Morgan fingerprint density at radius 3 is 2.62 bits per heavy atom. The lowest BCUT2D eigenvalue weighted by Gasteiger charge is -2.12. The highest BCUT2D eigenvalue weighted by molar-refractivity contribution is 5.68. The van der Waals surface area contributed by atoms with Crippen molar-refractivity contribution in [2.45, 2.75) is 33.7 Å². The molecule has 0 radical (unpaired) electrons. The van der Waals surface area contributed by atoms with Crippen molar-refractivity contribution >= 4 is 0 Å². The molecule has 0 amide bonds. The standard InChI is InChI=1S/C19H24FN/c1-4-21-13-17-8-9-18(20)12-19(17)16-7-5-6-15(11-16)10-14(2)3/h5-9,11-12,14,21H,4,10,13H2,1-3H3. The van der Waals surface area contributed by atoms with E-state index in [1.165, 1.54) is 11.6 Å². The zero-order valence-corrected chi connectivity index (χ0v) is 13.1. The van der Waals surface area contributed by atoms with E-state index in [9.17, 15) is 4.39 Å². The van der Waals surface area contributed by atoms with Crippen molar-refractivity contribution < 1.29 is 4.39 Å². The van der Waals surface area contributed by atoms with Crippen LogP contribution >= 0.6 is 0 Å². The van der Waals surface area contributed by atoms with Crippen LogP contribution in [0.3, 0.4) is 0 Å². The number of benzene rings is 2. The fourth-order valence-electron chi connectivity index (χ4n) is 2.57. The van der Waals surface area contributed by atoms with E-state index in [-0.39, 0.29) is 5.82 Å². The predicted octanol–water partition coefficient (Wildman–Crippen LogP) is 4.80. The number of hydrogen-bond donors (Lipinski definition) is 1. The average molecular weight is 285 g/mol. The normalized spacial score (nSPS) is 11.1. The minimum atomic E-state index is -0.181. The van der Waals surface area contributed by atoms with E-state index in [0.717, 1.165) is 36.2 Å². The lowest BCUT2D eigenvalue weighted by Crippen LogP contribution is -2.12. The van der Waals surface area contributed by atoms with Gasteiger partial charge in [0, 0.05) is 6.54 Å². The highest BCUT2D eigenvalue weighted by Gasteiger charge is 2.08. The quantitative estimate of drug-likeness (QED) is 0.804. The topological polar surface area (TPSA) is 12.0 Å². The second-order valence-electron chi connectivity index (χ2n) is 5.88. The Hall–Kier alpha value is -1.67. The van der Waals surface area contributed by atoms with Crippen LogP contribution in [0.5, 0.6) is 0 Å². The summed E-state index contributed by atoms with van der Waals surface area (Å²) in [5.41, 5.74) is 4.53. The van der Waals surface area contributed by atoms with Crippen LogP contribution in [-0.4, -0.2) is 6.54 Å². The zero-order chi connectivity index (χ0) is 15.2. The largest absolute Gasteiger partial charge is 0.313 e. The molecule has 0 aliphatic heterocycles. The van der Waals surface area contributed by atoms with E-state index in [4.69, 9.17) is 0 Å². The Labute approximate surface area is 127 Å². The Morgan fingerprint density at radius 2 is 1.90 bits per heavy atom. The van der Waals surface area contributed by atoms with Gasteiger partial charge in [0.15, 0.2) is 0 Å². The van der Waals surface area contributed by atoms with Gasteiger partial charge in [0.2, 0.25) is 0 Å². The monoisotopic (exact) mass is 285 g/mol. The Bertz CT molecular complexity index is 590. The van der Waals surface area contributed by atoms with Crippen molar-refractivity contribution in [2.24, 2.45) is 5.92 Å². The van der Waals surface area contributed by atoms with Gasteiger partial charge < -0.3 is 5.32 Å². The lowest BCUT2D eigenvalue weighted by molar-refractivity contribution is 0.626. The third-order valence-corrected chi connectivity index (χ3v) is 3.52. The molecule has 0 unspecified atom stereocenters. The molecule has 1 nitrogen and oxygen atoms in total. The van der Waals surface area contributed by atoms with E-state index in [1.54, 1.807) is 6.07 Å². The van der Waals surface area contributed by atoms with Gasteiger partial charge in [0.25, 0.3) is 0 Å². The van der Waals surface area contributed by atoms with Crippen molar-refractivity contribution in [1.82, 2.24) is 5.32 Å². The molecule has 0 fully saturated rings. The maximum atomic E-state index is 13.6. The van der Waals surface area contributed by atoms with Crippen LogP contribution in [0.1, 0.15) is 31.9 Å². The van der Waals surface area contributed by atoms with Gasteiger partial charge in [-0.2, -0.15) is 0 Å². The smallest absolute Gasteiger partial charge is 0.123 e. The van der Waals surface area contributed by atoms with Crippen molar-refractivity contribution in [3.8, 4) is 11.1 Å². The van der Waals surface area contributed by atoms with E-state index < -0.39 is 0 Å². The first-order valence-electron chi connectivity index (χ1n) is 7.68. The van der Waals surface area contributed by atoms with Gasteiger partial charge >= 0.3 is 0 Å². The summed E-state index contributed by atoms with van der Waals surface area (Å²) in [6.45, 7) is 8.17. The minimum Gasteiger partial charge on any atom is -0.313 e. The molecule has 2 aromatic carbocycles. The van der Waals surface area contributed by atoms with Crippen molar-refractivity contribution in [1.29, 1.82) is 0 Å². The van der Waals surface area contributed by atoms with Crippen molar-refractivity contribution in [3.05, 3.63) is 59.4 Å². The van der Waals surface area contributed by atoms with E-state index in [0.29, 0.717) is 5.92 Å².